The van der Waals surface area contributed by atoms with Gasteiger partial charge in [-0.15, -0.1) is 0 Å². The second kappa shape index (κ2) is 6.99. The number of ether oxygens (including phenoxy) is 2. The van der Waals surface area contributed by atoms with E-state index in [1.54, 1.807) is 31.4 Å². The lowest BCUT2D eigenvalue weighted by molar-refractivity contribution is -0.141. The Labute approximate surface area is 128 Å². The number of carbonyl (C=O) groups excluding carboxylic acids is 1. The third-order valence-electron chi connectivity index (χ3n) is 3.00. The summed E-state index contributed by atoms with van der Waals surface area (Å²) in [5, 5.41) is 3.70. The summed E-state index contributed by atoms with van der Waals surface area (Å²) in [5.41, 5.74) is 1.49. The number of hydrogen-bond acceptors (Lipinski definition) is 4. The number of carbonyl (C=O) groups is 1. The highest BCUT2D eigenvalue weighted by Crippen LogP contribution is 2.25. The lowest BCUT2D eigenvalue weighted by atomic mass is 10.1. The monoisotopic (exact) mass is 305 g/mol. The molecule has 0 radical (unpaired) electrons. The number of halogens is 1. The summed E-state index contributed by atoms with van der Waals surface area (Å²) in [6.07, 6.45) is 0. The van der Waals surface area contributed by atoms with E-state index in [1.807, 2.05) is 24.3 Å². The van der Waals surface area contributed by atoms with Crippen LogP contribution in [0.25, 0.3) is 0 Å². The van der Waals surface area contributed by atoms with Crippen LogP contribution in [0, 0.1) is 0 Å². The van der Waals surface area contributed by atoms with E-state index in [4.69, 9.17) is 21.1 Å². The number of rotatable bonds is 5. The fourth-order valence-corrected chi connectivity index (χ4v) is 2.16. The number of nitrogens with one attached hydrogen (secondary N) is 1. The Kier molecular flexibility index (Phi) is 5.06. The Bertz CT molecular complexity index is 630. The Morgan fingerprint density at radius 1 is 1.14 bits per heavy atom. The second-order valence-electron chi connectivity index (χ2n) is 4.39. The van der Waals surface area contributed by atoms with Gasteiger partial charge in [-0.3, -0.25) is 0 Å². The van der Waals surface area contributed by atoms with E-state index in [0.29, 0.717) is 10.8 Å². The van der Waals surface area contributed by atoms with E-state index in [0.717, 1.165) is 11.3 Å². The molecule has 2 aromatic rings. The van der Waals surface area contributed by atoms with E-state index in [-0.39, 0.29) is 5.97 Å². The molecule has 4 nitrogen and oxygen atoms in total. The molecule has 2 aromatic carbocycles. The van der Waals surface area contributed by atoms with Crippen LogP contribution < -0.4 is 10.1 Å². The second-order valence-corrected chi connectivity index (χ2v) is 4.82. The molecule has 0 amide bonds. The molecule has 0 aromatic heterocycles. The summed E-state index contributed by atoms with van der Waals surface area (Å²) >= 11 is 5.99. The summed E-state index contributed by atoms with van der Waals surface area (Å²) < 4.78 is 10.0. The third-order valence-corrected chi connectivity index (χ3v) is 3.23. The summed E-state index contributed by atoms with van der Waals surface area (Å²) in [6.45, 7) is 0. The van der Waals surface area contributed by atoms with Crippen LogP contribution in [0.1, 0.15) is 11.6 Å². The number of hydrogen-bond donors (Lipinski definition) is 1. The van der Waals surface area contributed by atoms with Crippen LogP contribution in [-0.2, 0) is 9.53 Å². The zero-order chi connectivity index (χ0) is 15.2. The Balaban J connectivity index is 2.30. The van der Waals surface area contributed by atoms with Crippen molar-refractivity contribution in [2.45, 2.75) is 6.04 Å². The zero-order valence-corrected chi connectivity index (χ0v) is 12.6. The molecule has 1 atom stereocenters. The number of benzene rings is 2. The normalized spacial score (nSPS) is 11.6. The lowest BCUT2D eigenvalue weighted by Crippen LogP contribution is -2.22. The van der Waals surface area contributed by atoms with Gasteiger partial charge in [-0.1, -0.05) is 29.8 Å². The first kappa shape index (κ1) is 15.2. The molecular formula is C16H16ClNO3. The number of anilines is 1. The third kappa shape index (κ3) is 3.89. The SMILES string of the molecule is COC(=O)C(Nc1cccc(OC)c1)c1cccc(Cl)c1. The van der Waals surface area contributed by atoms with Crippen molar-refractivity contribution in [2.75, 3.05) is 19.5 Å². The molecule has 0 fully saturated rings. The molecule has 0 saturated carbocycles. The van der Waals surface area contributed by atoms with Gasteiger partial charge in [-0.25, -0.2) is 4.79 Å². The van der Waals surface area contributed by atoms with Crippen molar-refractivity contribution in [2.24, 2.45) is 0 Å². The molecule has 2 rings (SSSR count). The van der Waals surface area contributed by atoms with Crippen LogP contribution in [0.15, 0.2) is 48.5 Å². The molecule has 21 heavy (non-hydrogen) atoms. The van der Waals surface area contributed by atoms with E-state index in [9.17, 15) is 4.79 Å². The maximum atomic E-state index is 12.0. The van der Waals surface area contributed by atoms with E-state index in [2.05, 4.69) is 5.32 Å². The fourth-order valence-electron chi connectivity index (χ4n) is 1.96. The minimum Gasteiger partial charge on any atom is -0.497 e. The number of methoxy groups -OCH3 is 2. The summed E-state index contributed by atoms with van der Waals surface area (Å²) in [7, 11) is 2.95. The first-order valence-corrected chi connectivity index (χ1v) is 6.75. The highest BCUT2D eigenvalue weighted by Gasteiger charge is 2.21. The molecule has 0 aliphatic heterocycles. The van der Waals surface area contributed by atoms with Crippen LogP contribution >= 0.6 is 11.6 Å². The Morgan fingerprint density at radius 3 is 2.57 bits per heavy atom. The fraction of sp³-hybridized carbons (Fsp3) is 0.188. The average Bonchev–Trinajstić information content (AvgIpc) is 2.52. The van der Waals surface area contributed by atoms with Crippen molar-refractivity contribution in [1.82, 2.24) is 0 Å². The largest absolute Gasteiger partial charge is 0.497 e. The Morgan fingerprint density at radius 2 is 1.90 bits per heavy atom. The van der Waals surface area contributed by atoms with Crippen molar-refractivity contribution in [3.8, 4) is 5.75 Å². The van der Waals surface area contributed by atoms with Gasteiger partial charge in [0.1, 0.15) is 5.75 Å². The summed E-state index contributed by atoms with van der Waals surface area (Å²) in [4.78, 5) is 12.0. The van der Waals surface area contributed by atoms with E-state index < -0.39 is 6.04 Å². The minimum atomic E-state index is -0.638. The van der Waals surface area contributed by atoms with Gasteiger partial charge < -0.3 is 14.8 Å². The van der Waals surface area contributed by atoms with Gasteiger partial charge in [-0.2, -0.15) is 0 Å². The summed E-state index contributed by atoms with van der Waals surface area (Å²) in [6, 6.07) is 13.8. The molecule has 1 N–H and O–H groups in total. The molecule has 0 bridgehead atoms. The van der Waals surface area contributed by atoms with Crippen molar-refractivity contribution in [3.63, 3.8) is 0 Å². The highest BCUT2D eigenvalue weighted by molar-refractivity contribution is 6.30. The van der Waals surface area contributed by atoms with Crippen molar-refractivity contribution >= 4 is 23.3 Å². The molecule has 1 unspecified atom stereocenters. The molecule has 0 heterocycles. The van der Waals surface area contributed by atoms with Crippen molar-refractivity contribution < 1.29 is 14.3 Å². The van der Waals surface area contributed by atoms with Gasteiger partial charge in [0.2, 0.25) is 0 Å². The summed E-state index contributed by atoms with van der Waals surface area (Å²) in [5.74, 6) is 0.315. The molecule has 110 valence electrons. The van der Waals surface area contributed by atoms with Crippen LogP contribution in [0.3, 0.4) is 0 Å². The van der Waals surface area contributed by atoms with Gasteiger partial charge in [-0.05, 0) is 29.8 Å². The zero-order valence-electron chi connectivity index (χ0n) is 11.8. The topological polar surface area (TPSA) is 47.6 Å². The average molecular weight is 306 g/mol. The first-order chi connectivity index (χ1) is 10.1. The molecule has 5 heteroatoms. The van der Waals surface area contributed by atoms with Crippen LogP contribution in [0.2, 0.25) is 5.02 Å². The van der Waals surface area contributed by atoms with Gasteiger partial charge in [0.15, 0.2) is 6.04 Å². The van der Waals surface area contributed by atoms with Crippen molar-refractivity contribution in [3.05, 3.63) is 59.1 Å². The quantitative estimate of drug-likeness (QED) is 0.856. The van der Waals surface area contributed by atoms with Gasteiger partial charge in [0.05, 0.1) is 14.2 Å². The lowest BCUT2D eigenvalue weighted by Gasteiger charge is -2.18. The smallest absolute Gasteiger partial charge is 0.332 e. The maximum Gasteiger partial charge on any atom is 0.332 e. The van der Waals surface area contributed by atoms with E-state index >= 15 is 0 Å². The van der Waals surface area contributed by atoms with Crippen LogP contribution in [0.5, 0.6) is 5.75 Å². The van der Waals surface area contributed by atoms with Gasteiger partial charge in [0, 0.05) is 16.8 Å². The predicted octanol–water partition coefficient (Wildman–Crippen LogP) is 3.67. The Hall–Kier alpha value is -2.20. The molecular weight excluding hydrogens is 290 g/mol. The molecule has 0 spiro atoms. The molecule has 0 aliphatic rings. The van der Waals surface area contributed by atoms with Crippen LogP contribution in [-0.4, -0.2) is 20.2 Å². The van der Waals surface area contributed by atoms with Crippen molar-refractivity contribution in [1.29, 1.82) is 0 Å². The minimum absolute atomic E-state index is 0.389. The van der Waals surface area contributed by atoms with E-state index in [1.165, 1.54) is 7.11 Å². The highest BCUT2D eigenvalue weighted by atomic mass is 35.5. The molecule has 0 saturated heterocycles. The standard InChI is InChI=1S/C16H16ClNO3/c1-20-14-8-4-7-13(10-14)18-15(16(19)21-2)11-5-3-6-12(17)9-11/h3-10,15,18H,1-2H3. The van der Waals surface area contributed by atoms with Gasteiger partial charge in [0.25, 0.3) is 0 Å². The van der Waals surface area contributed by atoms with Gasteiger partial charge >= 0.3 is 5.97 Å². The predicted molar refractivity (Wildman–Crippen MR) is 82.8 cm³/mol. The molecule has 0 aliphatic carbocycles. The number of esters is 1. The maximum absolute atomic E-state index is 12.0. The first-order valence-electron chi connectivity index (χ1n) is 6.38. The van der Waals surface area contributed by atoms with Crippen LogP contribution in [0.4, 0.5) is 5.69 Å².